The molecule has 0 fully saturated rings. The van der Waals surface area contributed by atoms with Crippen molar-refractivity contribution in [3.05, 3.63) is 77.9 Å². The van der Waals surface area contributed by atoms with Gasteiger partial charge in [0.2, 0.25) is 5.91 Å². The molecule has 0 bridgehead atoms. The number of methoxy groups -OCH3 is 1. The molecule has 3 rings (SSSR count). The number of pyridine rings is 1. The Balaban J connectivity index is 1.71. The van der Waals surface area contributed by atoms with Crippen LogP contribution < -0.4 is 10.1 Å². The van der Waals surface area contributed by atoms with Gasteiger partial charge in [0.25, 0.3) is 0 Å². The Morgan fingerprint density at radius 1 is 1.07 bits per heavy atom. The molecule has 0 radical (unpaired) electrons. The van der Waals surface area contributed by atoms with E-state index in [1.807, 2.05) is 43.3 Å². The molecule has 0 aliphatic heterocycles. The summed E-state index contributed by atoms with van der Waals surface area (Å²) < 4.78 is 18.8. The highest BCUT2D eigenvalue weighted by Gasteiger charge is 2.17. The number of carbonyl (C=O) groups is 1. The van der Waals surface area contributed by atoms with Gasteiger partial charge in [-0.3, -0.25) is 9.78 Å². The van der Waals surface area contributed by atoms with Crippen molar-refractivity contribution in [3.8, 4) is 16.9 Å². The van der Waals surface area contributed by atoms with Crippen LogP contribution in [0.25, 0.3) is 11.1 Å². The average molecular weight is 364 g/mol. The topological polar surface area (TPSA) is 51.2 Å². The maximum Gasteiger partial charge on any atom is 0.231 e. The van der Waals surface area contributed by atoms with Crippen LogP contribution in [0.4, 0.5) is 10.1 Å². The standard InChI is InChI=1S/C22H21FN2O2/c1-14-12-18(10-11-24-14)16-4-7-19(8-5-16)25-22(26)15(2)17-6-9-21(27-3)20(23)13-17/h4-13,15H,1-3H3,(H,25,26). The zero-order valence-electron chi connectivity index (χ0n) is 15.5. The fraction of sp³-hybridized carbons (Fsp3) is 0.182. The van der Waals surface area contributed by atoms with E-state index in [2.05, 4.69) is 10.3 Å². The first kappa shape index (κ1) is 18.6. The van der Waals surface area contributed by atoms with Crippen LogP contribution in [0.5, 0.6) is 5.75 Å². The van der Waals surface area contributed by atoms with E-state index in [0.717, 1.165) is 16.8 Å². The third kappa shape index (κ3) is 4.31. The van der Waals surface area contributed by atoms with Crippen LogP contribution in [0, 0.1) is 12.7 Å². The van der Waals surface area contributed by atoms with Crippen molar-refractivity contribution in [2.24, 2.45) is 0 Å². The smallest absolute Gasteiger partial charge is 0.231 e. The van der Waals surface area contributed by atoms with E-state index in [0.29, 0.717) is 11.3 Å². The van der Waals surface area contributed by atoms with E-state index in [-0.39, 0.29) is 11.7 Å². The van der Waals surface area contributed by atoms with E-state index >= 15 is 0 Å². The van der Waals surface area contributed by atoms with Gasteiger partial charge >= 0.3 is 0 Å². The number of amides is 1. The Morgan fingerprint density at radius 2 is 1.81 bits per heavy atom. The van der Waals surface area contributed by atoms with Gasteiger partial charge in [0.15, 0.2) is 11.6 Å². The summed E-state index contributed by atoms with van der Waals surface area (Å²) in [5, 5.41) is 2.87. The third-order valence-corrected chi connectivity index (χ3v) is 4.45. The number of hydrogen-bond donors (Lipinski definition) is 1. The van der Waals surface area contributed by atoms with Crippen LogP contribution in [0.15, 0.2) is 60.8 Å². The van der Waals surface area contributed by atoms with Gasteiger partial charge in [0, 0.05) is 17.6 Å². The van der Waals surface area contributed by atoms with Crippen LogP contribution in [0.3, 0.4) is 0 Å². The molecule has 1 aromatic heterocycles. The maximum atomic E-state index is 13.9. The molecule has 4 nitrogen and oxygen atoms in total. The largest absolute Gasteiger partial charge is 0.494 e. The van der Waals surface area contributed by atoms with Crippen LogP contribution in [0.1, 0.15) is 24.1 Å². The molecule has 5 heteroatoms. The molecule has 2 aromatic carbocycles. The normalized spacial score (nSPS) is 11.7. The van der Waals surface area contributed by atoms with E-state index in [1.165, 1.54) is 19.2 Å². The Morgan fingerprint density at radius 3 is 2.44 bits per heavy atom. The minimum absolute atomic E-state index is 0.160. The summed E-state index contributed by atoms with van der Waals surface area (Å²) in [5.74, 6) is -1.01. The third-order valence-electron chi connectivity index (χ3n) is 4.45. The predicted molar refractivity (Wildman–Crippen MR) is 104 cm³/mol. The minimum atomic E-state index is -0.493. The van der Waals surface area contributed by atoms with Crippen molar-refractivity contribution in [1.82, 2.24) is 4.98 Å². The van der Waals surface area contributed by atoms with Gasteiger partial charge in [0.1, 0.15) is 0 Å². The lowest BCUT2D eigenvalue weighted by molar-refractivity contribution is -0.117. The summed E-state index contributed by atoms with van der Waals surface area (Å²) >= 11 is 0. The highest BCUT2D eigenvalue weighted by Crippen LogP contribution is 2.25. The van der Waals surface area contributed by atoms with Gasteiger partial charge in [-0.1, -0.05) is 18.2 Å². The van der Waals surface area contributed by atoms with E-state index in [9.17, 15) is 9.18 Å². The molecule has 1 atom stereocenters. The van der Waals surface area contributed by atoms with Crippen molar-refractivity contribution in [2.45, 2.75) is 19.8 Å². The first-order valence-corrected chi connectivity index (χ1v) is 8.65. The molecule has 0 saturated heterocycles. The first-order valence-electron chi connectivity index (χ1n) is 8.65. The minimum Gasteiger partial charge on any atom is -0.494 e. The highest BCUT2D eigenvalue weighted by atomic mass is 19.1. The monoisotopic (exact) mass is 364 g/mol. The second-order valence-corrected chi connectivity index (χ2v) is 6.37. The second kappa shape index (κ2) is 7.99. The molecule has 0 aliphatic carbocycles. The number of aryl methyl sites for hydroxylation is 1. The van der Waals surface area contributed by atoms with Gasteiger partial charge < -0.3 is 10.1 Å². The van der Waals surface area contributed by atoms with E-state index in [4.69, 9.17) is 4.74 Å². The van der Waals surface area contributed by atoms with Gasteiger partial charge in [0.05, 0.1) is 13.0 Å². The molecule has 27 heavy (non-hydrogen) atoms. The second-order valence-electron chi connectivity index (χ2n) is 6.37. The first-order chi connectivity index (χ1) is 13.0. The SMILES string of the molecule is COc1ccc(C(C)C(=O)Nc2ccc(-c3ccnc(C)c3)cc2)cc1F. The summed E-state index contributed by atoms with van der Waals surface area (Å²) in [5.41, 5.74) is 4.35. The molecule has 138 valence electrons. The van der Waals surface area contributed by atoms with Crippen molar-refractivity contribution < 1.29 is 13.9 Å². The van der Waals surface area contributed by atoms with Gasteiger partial charge in [-0.25, -0.2) is 4.39 Å². The number of aromatic nitrogens is 1. The van der Waals surface area contributed by atoms with Crippen LogP contribution >= 0.6 is 0 Å². The zero-order valence-corrected chi connectivity index (χ0v) is 15.5. The summed E-state index contributed by atoms with van der Waals surface area (Å²) in [6, 6.07) is 16.1. The number of hydrogen-bond acceptors (Lipinski definition) is 3. The number of anilines is 1. The summed E-state index contributed by atoms with van der Waals surface area (Å²) in [7, 11) is 1.41. The van der Waals surface area contributed by atoms with Crippen molar-refractivity contribution in [2.75, 3.05) is 12.4 Å². The molecule has 1 heterocycles. The molecule has 3 aromatic rings. The highest BCUT2D eigenvalue weighted by molar-refractivity contribution is 5.95. The molecule has 1 N–H and O–H groups in total. The number of halogens is 1. The number of nitrogens with zero attached hydrogens (tertiary/aromatic N) is 1. The lowest BCUT2D eigenvalue weighted by atomic mass is 9.99. The number of benzene rings is 2. The predicted octanol–water partition coefficient (Wildman–Crippen LogP) is 4.95. The Labute approximate surface area is 158 Å². The molecule has 1 unspecified atom stereocenters. The average Bonchev–Trinajstić information content (AvgIpc) is 2.68. The van der Waals surface area contributed by atoms with Gasteiger partial charge in [-0.15, -0.1) is 0 Å². The Kier molecular flexibility index (Phi) is 5.50. The molecule has 0 saturated carbocycles. The van der Waals surface area contributed by atoms with Gasteiger partial charge in [-0.2, -0.15) is 0 Å². The summed E-state index contributed by atoms with van der Waals surface area (Å²) in [6.07, 6.45) is 1.77. The molecule has 0 spiro atoms. The van der Waals surface area contributed by atoms with Crippen LogP contribution in [-0.2, 0) is 4.79 Å². The van der Waals surface area contributed by atoms with Crippen molar-refractivity contribution >= 4 is 11.6 Å². The van der Waals surface area contributed by atoms with Crippen LogP contribution in [0.2, 0.25) is 0 Å². The number of rotatable bonds is 5. The maximum absolute atomic E-state index is 13.9. The fourth-order valence-corrected chi connectivity index (χ4v) is 2.82. The molecule has 1 amide bonds. The lowest BCUT2D eigenvalue weighted by Gasteiger charge is -2.14. The van der Waals surface area contributed by atoms with Crippen molar-refractivity contribution in [3.63, 3.8) is 0 Å². The molecular weight excluding hydrogens is 343 g/mol. The Hall–Kier alpha value is -3.21. The van der Waals surface area contributed by atoms with Crippen molar-refractivity contribution in [1.29, 1.82) is 0 Å². The van der Waals surface area contributed by atoms with E-state index in [1.54, 1.807) is 19.2 Å². The number of nitrogens with one attached hydrogen (secondary N) is 1. The van der Waals surface area contributed by atoms with Gasteiger partial charge in [-0.05, 0) is 66.9 Å². The molecular formula is C22H21FN2O2. The summed E-state index contributed by atoms with van der Waals surface area (Å²) in [6.45, 7) is 3.69. The van der Waals surface area contributed by atoms with E-state index < -0.39 is 11.7 Å². The molecule has 0 aliphatic rings. The number of ether oxygens (including phenoxy) is 1. The van der Waals surface area contributed by atoms with Crippen LogP contribution in [-0.4, -0.2) is 18.0 Å². The number of carbonyl (C=O) groups excluding carboxylic acids is 1. The fourth-order valence-electron chi connectivity index (χ4n) is 2.82. The lowest BCUT2D eigenvalue weighted by Crippen LogP contribution is -2.19. The summed E-state index contributed by atoms with van der Waals surface area (Å²) in [4.78, 5) is 16.7. The Bertz CT molecular complexity index is 955. The zero-order chi connectivity index (χ0) is 19.4. The quantitative estimate of drug-likeness (QED) is 0.697.